The zero-order valence-corrected chi connectivity index (χ0v) is 12.5. The van der Waals surface area contributed by atoms with E-state index in [1.807, 2.05) is 12.1 Å². The summed E-state index contributed by atoms with van der Waals surface area (Å²) >= 11 is 6.04. The fourth-order valence-electron chi connectivity index (χ4n) is 2.24. The Morgan fingerprint density at radius 2 is 1.83 bits per heavy atom. The molecule has 0 radical (unpaired) electrons. The SMILES string of the molecule is CCC(CC)CN(CC)Cc1cc(N)cc(Cl)c1. The Morgan fingerprint density at radius 3 is 2.33 bits per heavy atom. The maximum absolute atomic E-state index is 6.04. The lowest BCUT2D eigenvalue weighted by Gasteiger charge is -2.25. The highest BCUT2D eigenvalue weighted by molar-refractivity contribution is 6.30. The summed E-state index contributed by atoms with van der Waals surface area (Å²) in [6, 6.07) is 5.82. The number of hydrogen-bond donors (Lipinski definition) is 1. The van der Waals surface area contributed by atoms with E-state index >= 15 is 0 Å². The van der Waals surface area contributed by atoms with Crippen molar-refractivity contribution in [2.75, 3.05) is 18.8 Å². The third kappa shape index (κ3) is 4.87. The number of anilines is 1. The molecule has 1 aromatic rings. The minimum Gasteiger partial charge on any atom is -0.399 e. The van der Waals surface area contributed by atoms with Crippen LogP contribution in [0.4, 0.5) is 5.69 Å². The van der Waals surface area contributed by atoms with Crippen LogP contribution in [-0.4, -0.2) is 18.0 Å². The second kappa shape index (κ2) is 7.65. The minimum atomic E-state index is 0.726. The number of halogens is 1. The molecule has 0 aromatic heterocycles. The summed E-state index contributed by atoms with van der Waals surface area (Å²) in [5, 5.41) is 0.726. The molecule has 0 unspecified atom stereocenters. The van der Waals surface area contributed by atoms with Gasteiger partial charge in [-0.15, -0.1) is 0 Å². The second-order valence-electron chi connectivity index (χ2n) is 4.90. The molecular weight excluding hydrogens is 244 g/mol. The maximum atomic E-state index is 6.04. The van der Waals surface area contributed by atoms with Crippen LogP contribution in [0.1, 0.15) is 39.2 Å². The number of rotatable bonds is 7. The summed E-state index contributed by atoms with van der Waals surface area (Å²) < 4.78 is 0. The van der Waals surface area contributed by atoms with Crippen molar-refractivity contribution in [2.45, 2.75) is 40.2 Å². The van der Waals surface area contributed by atoms with Gasteiger partial charge in [-0.05, 0) is 36.2 Å². The van der Waals surface area contributed by atoms with E-state index < -0.39 is 0 Å². The molecular formula is C15H25ClN2. The Labute approximate surface area is 116 Å². The molecule has 0 spiro atoms. The van der Waals surface area contributed by atoms with Crippen molar-refractivity contribution >= 4 is 17.3 Å². The molecule has 0 amide bonds. The van der Waals surface area contributed by atoms with Crippen molar-refractivity contribution in [2.24, 2.45) is 5.92 Å². The van der Waals surface area contributed by atoms with Crippen molar-refractivity contribution < 1.29 is 0 Å². The van der Waals surface area contributed by atoms with Crippen LogP contribution in [0.15, 0.2) is 18.2 Å². The first-order valence-corrected chi connectivity index (χ1v) is 7.24. The van der Waals surface area contributed by atoms with Gasteiger partial charge >= 0.3 is 0 Å². The average molecular weight is 269 g/mol. The molecule has 0 aliphatic carbocycles. The number of nitrogens with zero attached hydrogens (tertiary/aromatic N) is 1. The first-order chi connectivity index (χ1) is 8.58. The Morgan fingerprint density at radius 1 is 1.17 bits per heavy atom. The van der Waals surface area contributed by atoms with Crippen molar-refractivity contribution in [1.82, 2.24) is 4.90 Å². The first-order valence-electron chi connectivity index (χ1n) is 6.86. The highest BCUT2D eigenvalue weighted by Crippen LogP contribution is 2.19. The molecule has 0 aliphatic heterocycles. The Hall–Kier alpha value is -0.730. The van der Waals surface area contributed by atoms with Crippen molar-refractivity contribution in [3.05, 3.63) is 28.8 Å². The lowest BCUT2D eigenvalue weighted by molar-refractivity contribution is 0.226. The van der Waals surface area contributed by atoms with Crippen LogP contribution < -0.4 is 5.73 Å². The molecule has 18 heavy (non-hydrogen) atoms. The molecule has 1 rings (SSSR count). The quantitative estimate of drug-likeness (QED) is 0.752. The summed E-state index contributed by atoms with van der Waals surface area (Å²) in [4.78, 5) is 2.46. The summed E-state index contributed by atoms with van der Waals surface area (Å²) in [5.41, 5.74) is 7.78. The van der Waals surface area contributed by atoms with Gasteiger partial charge < -0.3 is 5.73 Å². The van der Waals surface area contributed by atoms with E-state index in [-0.39, 0.29) is 0 Å². The van der Waals surface area contributed by atoms with Gasteiger partial charge in [-0.2, -0.15) is 0 Å². The summed E-state index contributed by atoms with van der Waals surface area (Å²) in [5.74, 6) is 0.779. The smallest absolute Gasteiger partial charge is 0.0429 e. The Kier molecular flexibility index (Phi) is 6.51. The largest absolute Gasteiger partial charge is 0.399 e. The van der Waals surface area contributed by atoms with Gasteiger partial charge in [0.25, 0.3) is 0 Å². The fraction of sp³-hybridized carbons (Fsp3) is 0.600. The van der Waals surface area contributed by atoms with Gasteiger partial charge in [0.05, 0.1) is 0 Å². The third-order valence-corrected chi connectivity index (χ3v) is 3.72. The first kappa shape index (κ1) is 15.3. The Bertz CT molecular complexity index is 341. The van der Waals surface area contributed by atoms with Crippen molar-refractivity contribution in [3.63, 3.8) is 0 Å². The molecule has 2 nitrogen and oxygen atoms in total. The summed E-state index contributed by atoms with van der Waals surface area (Å²) in [6.07, 6.45) is 2.48. The van der Waals surface area contributed by atoms with Crippen LogP contribution >= 0.6 is 11.6 Å². The monoisotopic (exact) mass is 268 g/mol. The molecule has 0 saturated carbocycles. The van der Waals surface area contributed by atoms with Crippen LogP contribution in [0, 0.1) is 5.92 Å². The van der Waals surface area contributed by atoms with Gasteiger partial charge in [-0.1, -0.05) is 45.2 Å². The number of nitrogen functional groups attached to an aromatic ring is 1. The fourth-order valence-corrected chi connectivity index (χ4v) is 2.51. The zero-order valence-electron chi connectivity index (χ0n) is 11.7. The van der Waals surface area contributed by atoms with E-state index in [0.717, 1.165) is 36.3 Å². The molecule has 2 N–H and O–H groups in total. The number of benzene rings is 1. The molecule has 0 aliphatic rings. The van der Waals surface area contributed by atoms with Crippen LogP contribution in [0.3, 0.4) is 0 Å². The topological polar surface area (TPSA) is 29.3 Å². The van der Waals surface area contributed by atoms with E-state index in [0.29, 0.717) is 0 Å². The van der Waals surface area contributed by atoms with Gasteiger partial charge in [0.2, 0.25) is 0 Å². The predicted octanol–water partition coefficient (Wildman–Crippen LogP) is 4.18. The number of nitrogens with two attached hydrogens (primary N) is 1. The van der Waals surface area contributed by atoms with Crippen LogP contribution in [0.25, 0.3) is 0 Å². The van der Waals surface area contributed by atoms with Crippen LogP contribution in [-0.2, 0) is 6.54 Å². The molecule has 0 bridgehead atoms. The normalized spacial score (nSPS) is 11.4. The van der Waals surface area contributed by atoms with Gasteiger partial charge in [0.1, 0.15) is 0 Å². The summed E-state index contributed by atoms with van der Waals surface area (Å²) in [7, 11) is 0. The highest BCUT2D eigenvalue weighted by Gasteiger charge is 2.10. The van der Waals surface area contributed by atoms with E-state index in [4.69, 9.17) is 17.3 Å². The lowest BCUT2D eigenvalue weighted by Crippen LogP contribution is -2.28. The van der Waals surface area contributed by atoms with Crippen LogP contribution in [0.5, 0.6) is 0 Å². The van der Waals surface area contributed by atoms with Crippen molar-refractivity contribution in [3.8, 4) is 0 Å². The molecule has 0 saturated heterocycles. The third-order valence-electron chi connectivity index (χ3n) is 3.50. The molecule has 0 heterocycles. The van der Waals surface area contributed by atoms with E-state index in [2.05, 4.69) is 25.7 Å². The standard InChI is InChI=1S/C15H25ClN2/c1-4-12(5-2)10-18(6-3)11-13-7-14(16)9-15(17)8-13/h7-9,12H,4-6,10-11,17H2,1-3H3. The molecule has 1 aromatic carbocycles. The average Bonchev–Trinajstić information content (AvgIpc) is 2.33. The maximum Gasteiger partial charge on any atom is 0.0429 e. The van der Waals surface area contributed by atoms with Gasteiger partial charge in [0.15, 0.2) is 0 Å². The van der Waals surface area contributed by atoms with Gasteiger partial charge in [-0.3, -0.25) is 4.90 Å². The van der Waals surface area contributed by atoms with Crippen LogP contribution in [0.2, 0.25) is 5.02 Å². The Balaban J connectivity index is 2.67. The van der Waals surface area contributed by atoms with Gasteiger partial charge in [0, 0.05) is 23.8 Å². The van der Waals surface area contributed by atoms with E-state index in [1.54, 1.807) is 6.07 Å². The second-order valence-corrected chi connectivity index (χ2v) is 5.34. The number of hydrogen-bond acceptors (Lipinski definition) is 2. The molecule has 3 heteroatoms. The molecule has 0 fully saturated rings. The predicted molar refractivity (Wildman–Crippen MR) is 80.9 cm³/mol. The van der Waals surface area contributed by atoms with Crippen molar-refractivity contribution in [1.29, 1.82) is 0 Å². The van der Waals surface area contributed by atoms with E-state index in [9.17, 15) is 0 Å². The van der Waals surface area contributed by atoms with E-state index in [1.165, 1.54) is 18.4 Å². The zero-order chi connectivity index (χ0) is 13.5. The molecule has 102 valence electrons. The molecule has 0 atom stereocenters. The highest BCUT2D eigenvalue weighted by atomic mass is 35.5. The lowest BCUT2D eigenvalue weighted by atomic mass is 10.0. The minimum absolute atomic E-state index is 0.726. The van der Waals surface area contributed by atoms with Gasteiger partial charge in [-0.25, -0.2) is 0 Å². The summed E-state index contributed by atoms with van der Waals surface area (Å²) in [6.45, 7) is 9.87.